The summed E-state index contributed by atoms with van der Waals surface area (Å²) in [6.45, 7) is 7.68. The van der Waals surface area contributed by atoms with Crippen molar-refractivity contribution in [3.8, 4) is 0 Å². The van der Waals surface area contributed by atoms with Gasteiger partial charge in [-0.1, -0.05) is 44.2 Å². The molecule has 94 valence electrons. The molecule has 0 spiro atoms. The summed E-state index contributed by atoms with van der Waals surface area (Å²) in [6.07, 6.45) is 1.27. The molecule has 0 bridgehead atoms. The van der Waals surface area contributed by atoms with Gasteiger partial charge < -0.3 is 5.73 Å². The maximum absolute atomic E-state index is 5.90. The number of likely N-dealkylation sites (tertiary alicyclic amines) is 1. The van der Waals surface area contributed by atoms with Gasteiger partial charge in [-0.05, 0) is 30.4 Å². The van der Waals surface area contributed by atoms with E-state index in [1.54, 1.807) is 0 Å². The van der Waals surface area contributed by atoms with E-state index < -0.39 is 0 Å². The number of nitrogens with zero attached hydrogens (tertiary/aromatic N) is 1. The van der Waals surface area contributed by atoms with Crippen molar-refractivity contribution >= 4 is 0 Å². The van der Waals surface area contributed by atoms with Crippen LogP contribution in [0.15, 0.2) is 30.3 Å². The zero-order valence-electron chi connectivity index (χ0n) is 11.0. The Balaban J connectivity index is 2.00. The lowest BCUT2D eigenvalue weighted by molar-refractivity contribution is 0.195. The minimum Gasteiger partial charge on any atom is -0.329 e. The van der Waals surface area contributed by atoms with Crippen molar-refractivity contribution in [3.05, 3.63) is 35.9 Å². The molecule has 1 aromatic carbocycles. The van der Waals surface area contributed by atoms with E-state index in [1.165, 1.54) is 25.1 Å². The third kappa shape index (κ3) is 2.88. The van der Waals surface area contributed by atoms with E-state index in [9.17, 15) is 0 Å². The number of hydrogen-bond acceptors (Lipinski definition) is 2. The molecule has 2 nitrogen and oxygen atoms in total. The lowest BCUT2D eigenvalue weighted by Crippen LogP contribution is -2.42. The van der Waals surface area contributed by atoms with Crippen molar-refractivity contribution in [2.24, 2.45) is 11.7 Å². The molecule has 2 N–H and O–H groups in total. The number of nitrogens with two attached hydrogens (primary N) is 1. The zero-order chi connectivity index (χ0) is 12.3. The smallest absolute Gasteiger partial charge is 0.0241 e. The fourth-order valence-corrected chi connectivity index (χ4v) is 2.93. The molecule has 2 rings (SSSR count). The predicted octanol–water partition coefficient (Wildman–Crippen LogP) is 2.46. The average Bonchev–Trinajstić information content (AvgIpc) is 2.80. The fourth-order valence-electron chi connectivity index (χ4n) is 2.93. The van der Waals surface area contributed by atoms with E-state index in [1.807, 2.05) is 0 Å². The molecule has 2 heteroatoms. The highest BCUT2D eigenvalue weighted by atomic mass is 15.2. The summed E-state index contributed by atoms with van der Waals surface area (Å²) in [6, 6.07) is 11.4. The molecule has 1 fully saturated rings. The molecular weight excluding hydrogens is 208 g/mol. The molecule has 0 saturated carbocycles. The maximum atomic E-state index is 5.90. The number of hydrogen-bond donors (Lipinski definition) is 1. The Hall–Kier alpha value is -0.860. The van der Waals surface area contributed by atoms with Gasteiger partial charge in [0.1, 0.15) is 0 Å². The maximum Gasteiger partial charge on any atom is 0.0241 e. The van der Waals surface area contributed by atoms with Crippen molar-refractivity contribution in [1.82, 2.24) is 4.90 Å². The summed E-state index contributed by atoms with van der Waals surface area (Å²) in [5.41, 5.74) is 7.38. The minimum atomic E-state index is 0.545. The van der Waals surface area contributed by atoms with Crippen LogP contribution in [0.5, 0.6) is 0 Å². The quantitative estimate of drug-likeness (QED) is 0.864. The van der Waals surface area contributed by atoms with E-state index in [0.29, 0.717) is 17.9 Å². The van der Waals surface area contributed by atoms with Crippen LogP contribution in [0.2, 0.25) is 0 Å². The lowest BCUT2D eigenvalue weighted by atomic mass is 9.98. The van der Waals surface area contributed by atoms with E-state index in [-0.39, 0.29) is 0 Å². The SMILES string of the molecule is CC(C)C(CN)N1CCC(c2ccccc2)C1. The molecule has 0 radical (unpaired) electrons. The second kappa shape index (κ2) is 5.65. The highest BCUT2D eigenvalue weighted by Gasteiger charge is 2.29. The van der Waals surface area contributed by atoms with Crippen LogP contribution in [0.1, 0.15) is 31.7 Å². The molecule has 1 heterocycles. The van der Waals surface area contributed by atoms with Gasteiger partial charge in [-0.15, -0.1) is 0 Å². The molecule has 2 atom stereocenters. The molecule has 2 unspecified atom stereocenters. The Morgan fingerprint density at radius 1 is 1.29 bits per heavy atom. The third-order valence-corrected chi connectivity index (χ3v) is 3.97. The standard InChI is InChI=1S/C15H24N2/c1-12(2)15(10-16)17-9-8-14(11-17)13-6-4-3-5-7-13/h3-7,12,14-15H,8-11,16H2,1-2H3. The van der Waals surface area contributed by atoms with Crippen molar-refractivity contribution < 1.29 is 0 Å². The summed E-state index contributed by atoms with van der Waals surface area (Å²) in [7, 11) is 0. The third-order valence-electron chi connectivity index (χ3n) is 3.97. The zero-order valence-corrected chi connectivity index (χ0v) is 11.0. The summed E-state index contributed by atoms with van der Waals surface area (Å²) in [5, 5.41) is 0. The number of benzene rings is 1. The monoisotopic (exact) mass is 232 g/mol. The van der Waals surface area contributed by atoms with E-state index in [0.717, 1.165) is 6.54 Å². The predicted molar refractivity (Wildman–Crippen MR) is 73.1 cm³/mol. The van der Waals surface area contributed by atoms with Crippen LogP contribution in [0, 0.1) is 5.92 Å². The van der Waals surface area contributed by atoms with Crippen LogP contribution < -0.4 is 5.73 Å². The second-order valence-corrected chi connectivity index (χ2v) is 5.44. The summed E-state index contributed by atoms with van der Waals surface area (Å²) >= 11 is 0. The highest BCUT2D eigenvalue weighted by Crippen LogP contribution is 2.29. The Kier molecular flexibility index (Phi) is 4.19. The molecule has 0 amide bonds. The Morgan fingerprint density at radius 2 is 2.00 bits per heavy atom. The first-order chi connectivity index (χ1) is 8.22. The van der Waals surface area contributed by atoms with Gasteiger partial charge >= 0.3 is 0 Å². The second-order valence-electron chi connectivity index (χ2n) is 5.44. The van der Waals surface area contributed by atoms with Crippen molar-refractivity contribution in [1.29, 1.82) is 0 Å². The van der Waals surface area contributed by atoms with Crippen LogP contribution in [0.25, 0.3) is 0 Å². The fraction of sp³-hybridized carbons (Fsp3) is 0.600. The first-order valence-corrected chi connectivity index (χ1v) is 6.71. The molecule has 1 aliphatic rings. The Morgan fingerprint density at radius 3 is 2.59 bits per heavy atom. The van der Waals surface area contributed by atoms with Gasteiger partial charge in [0.25, 0.3) is 0 Å². The van der Waals surface area contributed by atoms with Crippen molar-refractivity contribution in [2.45, 2.75) is 32.2 Å². The normalized spacial score (nSPS) is 23.2. The summed E-state index contributed by atoms with van der Waals surface area (Å²) < 4.78 is 0. The van der Waals surface area contributed by atoms with Gasteiger partial charge in [-0.25, -0.2) is 0 Å². The summed E-state index contributed by atoms with van der Waals surface area (Å²) in [4.78, 5) is 2.57. The molecular formula is C15H24N2. The van der Waals surface area contributed by atoms with Crippen molar-refractivity contribution in [3.63, 3.8) is 0 Å². The van der Waals surface area contributed by atoms with Gasteiger partial charge in [-0.2, -0.15) is 0 Å². The number of rotatable bonds is 4. The molecule has 17 heavy (non-hydrogen) atoms. The van der Waals surface area contributed by atoms with Crippen LogP contribution >= 0.6 is 0 Å². The van der Waals surface area contributed by atoms with E-state index >= 15 is 0 Å². The van der Waals surface area contributed by atoms with Crippen LogP contribution in [0.3, 0.4) is 0 Å². The first-order valence-electron chi connectivity index (χ1n) is 6.71. The van der Waals surface area contributed by atoms with E-state index in [2.05, 4.69) is 49.1 Å². The molecule has 1 aromatic rings. The van der Waals surface area contributed by atoms with Crippen LogP contribution in [-0.2, 0) is 0 Å². The lowest BCUT2D eigenvalue weighted by Gasteiger charge is -2.30. The van der Waals surface area contributed by atoms with Crippen LogP contribution in [0.4, 0.5) is 0 Å². The van der Waals surface area contributed by atoms with Gasteiger partial charge in [0.05, 0.1) is 0 Å². The molecule has 1 aliphatic heterocycles. The van der Waals surface area contributed by atoms with Gasteiger partial charge in [0.2, 0.25) is 0 Å². The Labute approximate surface area is 105 Å². The van der Waals surface area contributed by atoms with Gasteiger partial charge in [-0.3, -0.25) is 4.90 Å². The highest BCUT2D eigenvalue weighted by molar-refractivity contribution is 5.21. The largest absolute Gasteiger partial charge is 0.329 e. The minimum absolute atomic E-state index is 0.545. The van der Waals surface area contributed by atoms with E-state index in [4.69, 9.17) is 5.73 Å². The molecule has 0 aromatic heterocycles. The average molecular weight is 232 g/mol. The van der Waals surface area contributed by atoms with Crippen LogP contribution in [-0.4, -0.2) is 30.6 Å². The van der Waals surface area contributed by atoms with Gasteiger partial charge in [0, 0.05) is 19.1 Å². The molecule has 0 aliphatic carbocycles. The first kappa shape index (κ1) is 12.6. The Bertz CT molecular complexity index is 334. The topological polar surface area (TPSA) is 29.3 Å². The van der Waals surface area contributed by atoms with Crippen molar-refractivity contribution in [2.75, 3.05) is 19.6 Å². The summed E-state index contributed by atoms with van der Waals surface area (Å²) in [5.74, 6) is 1.35. The molecule has 1 saturated heterocycles. The van der Waals surface area contributed by atoms with Gasteiger partial charge in [0.15, 0.2) is 0 Å².